The van der Waals surface area contributed by atoms with Crippen LogP contribution in [0.4, 0.5) is 0 Å². The average Bonchev–Trinajstić information content (AvgIpc) is 2.60. The zero-order valence-electron chi connectivity index (χ0n) is 18.8. The highest BCUT2D eigenvalue weighted by Gasteiger charge is 2.39. The van der Waals surface area contributed by atoms with Crippen molar-refractivity contribution in [1.82, 2.24) is 5.32 Å². The summed E-state index contributed by atoms with van der Waals surface area (Å²) in [7, 11) is 0. The molecule has 4 atom stereocenters. The van der Waals surface area contributed by atoms with Crippen LogP contribution >= 0.6 is 0 Å². The van der Waals surface area contributed by atoms with Crippen LogP contribution in [0.25, 0.3) is 0 Å². The van der Waals surface area contributed by atoms with Crippen molar-refractivity contribution in [3.63, 3.8) is 0 Å². The van der Waals surface area contributed by atoms with Crippen LogP contribution in [0, 0.1) is 17.3 Å². The maximum Gasteiger partial charge on any atom is 0.302 e. The fraction of sp³-hybridized carbons (Fsp3) is 0.913. The number of amides is 1. The smallest absolute Gasteiger partial charge is 0.302 e. The van der Waals surface area contributed by atoms with Crippen LogP contribution in [-0.2, 0) is 19.1 Å². The first kappa shape index (κ1) is 23.2. The van der Waals surface area contributed by atoms with E-state index in [1.165, 1.54) is 26.2 Å². The molecule has 0 aromatic carbocycles. The van der Waals surface area contributed by atoms with Gasteiger partial charge in [0.25, 0.3) is 0 Å². The molecule has 1 N–H and O–H groups in total. The van der Waals surface area contributed by atoms with E-state index in [1.807, 2.05) is 13.8 Å². The van der Waals surface area contributed by atoms with Gasteiger partial charge in [-0.05, 0) is 37.0 Å². The monoisotopic (exact) mass is 395 g/mol. The summed E-state index contributed by atoms with van der Waals surface area (Å²) in [5.74, 6) is 0.302. The first-order valence-corrected chi connectivity index (χ1v) is 11.2. The average molecular weight is 396 g/mol. The number of carbonyl (C=O) groups excluding carboxylic acids is 2. The Labute approximate surface area is 171 Å². The third kappa shape index (κ3) is 7.06. The topological polar surface area (TPSA) is 64.6 Å². The second-order valence-corrected chi connectivity index (χ2v) is 10.2. The standard InChI is InChI=1S/C23H41NO4/c1-15(2)22(26)24-18-12-19(28-21(13-18)23(4,5)6)14-20(27-16(3)25)17-10-8-7-9-11-17/h15,17-21H,7-14H2,1-6H3,(H,24,26)/t18-,19-,20+,21+/m0/s1. The Morgan fingerprint density at radius 1 is 1.11 bits per heavy atom. The third-order valence-corrected chi connectivity index (χ3v) is 6.23. The molecule has 2 aliphatic rings. The minimum atomic E-state index is -0.205. The molecule has 0 aromatic rings. The molecule has 1 aliphatic heterocycles. The maximum atomic E-state index is 12.3. The lowest BCUT2D eigenvalue weighted by Gasteiger charge is -2.43. The van der Waals surface area contributed by atoms with Gasteiger partial charge < -0.3 is 14.8 Å². The van der Waals surface area contributed by atoms with Crippen LogP contribution in [0.3, 0.4) is 0 Å². The lowest BCUT2D eigenvalue weighted by atomic mass is 9.79. The Balaban J connectivity index is 2.09. The quantitative estimate of drug-likeness (QED) is 0.666. The van der Waals surface area contributed by atoms with E-state index >= 15 is 0 Å². The highest BCUT2D eigenvalue weighted by Crippen LogP contribution is 2.36. The molecule has 5 heteroatoms. The van der Waals surface area contributed by atoms with Gasteiger partial charge in [0.15, 0.2) is 0 Å². The number of ether oxygens (including phenoxy) is 2. The van der Waals surface area contributed by atoms with Gasteiger partial charge in [0, 0.05) is 25.3 Å². The Morgan fingerprint density at radius 3 is 2.29 bits per heavy atom. The van der Waals surface area contributed by atoms with Gasteiger partial charge in [-0.2, -0.15) is 0 Å². The fourth-order valence-corrected chi connectivity index (χ4v) is 4.53. The molecule has 162 valence electrons. The molecule has 1 aliphatic carbocycles. The molecular formula is C23H41NO4. The zero-order valence-corrected chi connectivity index (χ0v) is 18.8. The number of rotatable bonds is 6. The van der Waals surface area contributed by atoms with Gasteiger partial charge in [-0.1, -0.05) is 53.9 Å². The maximum absolute atomic E-state index is 12.3. The van der Waals surface area contributed by atoms with Gasteiger partial charge in [-0.15, -0.1) is 0 Å². The molecule has 1 saturated carbocycles. The minimum absolute atomic E-state index is 0.00124. The third-order valence-electron chi connectivity index (χ3n) is 6.23. The summed E-state index contributed by atoms with van der Waals surface area (Å²) >= 11 is 0. The number of hydrogen-bond donors (Lipinski definition) is 1. The Bertz CT molecular complexity index is 519. The molecule has 2 rings (SSSR count). The predicted molar refractivity (Wildman–Crippen MR) is 111 cm³/mol. The Morgan fingerprint density at radius 2 is 1.75 bits per heavy atom. The summed E-state index contributed by atoms with van der Waals surface area (Å²) in [6.45, 7) is 11.9. The zero-order chi connectivity index (χ0) is 20.9. The van der Waals surface area contributed by atoms with Crippen LogP contribution in [-0.4, -0.2) is 36.2 Å². The van der Waals surface area contributed by atoms with Crippen molar-refractivity contribution in [3.05, 3.63) is 0 Å². The van der Waals surface area contributed by atoms with Gasteiger partial charge in [-0.3, -0.25) is 9.59 Å². The molecule has 1 saturated heterocycles. The second kappa shape index (κ2) is 10.1. The van der Waals surface area contributed by atoms with Crippen molar-refractivity contribution in [2.24, 2.45) is 17.3 Å². The second-order valence-electron chi connectivity index (χ2n) is 10.2. The molecule has 28 heavy (non-hydrogen) atoms. The van der Waals surface area contributed by atoms with Gasteiger partial charge in [0.2, 0.25) is 5.91 Å². The van der Waals surface area contributed by atoms with Gasteiger partial charge in [0.1, 0.15) is 6.10 Å². The lowest BCUT2D eigenvalue weighted by molar-refractivity contribution is -0.159. The lowest BCUT2D eigenvalue weighted by Crippen LogP contribution is -2.50. The molecule has 5 nitrogen and oxygen atoms in total. The van der Waals surface area contributed by atoms with E-state index in [9.17, 15) is 9.59 Å². The van der Waals surface area contributed by atoms with Gasteiger partial charge in [-0.25, -0.2) is 0 Å². The van der Waals surface area contributed by atoms with Crippen LogP contribution < -0.4 is 5.32 Å². The Kier molecular flexibility index (Phi) is 8.35. The summed E-state index contributed by atoms with van der Waals surface area (Å²) in [6.07, 6.45) is 8.30. The largest absolute Gasteiger partial charge is 0.462 e. The van der Waals surface area contributed by atoms with Crippen molar-refractivity contribution >= 4 is 11.9 Å². The number of hydrogen-bond acceptors (Lipinski definition) is 4. The van der Waals surface area contributed by atoms with Crippen LogP contribution in [0.5, 0.6) is 0 Å². The molecule has 2 fully saturated rings. The summed E-state index contributed by atoms with van der Waals surface area (Å²) in [4.78, 5) is 24.0. The fourth-order valence-electron chi connectivity index (χ4n) is 4.53. The number of esters is 1. The summed E-state index contributed by atoms with van der Waals surface area (Å²) in [5, 5.41) is 3.22. The molecule has 1 amide bonds. The van der Waals surface area contributed by atoms with Crippen LogP contribution in [0.15, 0.2) is 0 Å². The SMILES string of the molecule is CC(=O)O[C@H](C[C@@H]1C[C@H](NC(=O)C(C)C)C[C@H](C(C)(C)C)O1)C1CCCCC1. The summed E-state index contributed by atoms with van der Waals surface area (Å²) in [6, 6.07) is 0.113. The van der Waals surface area contributed by atoms with Crippen LogP contribution in [0.2, 0.25) is 0 Å². The minimum Gasteiger partial charge on any atom is -0.462 e. The van der Waals surface area contributed by atoms with Crippen molar-refractivity contribution in [1.29, 1.82) is 0 Å². The van der Waals surface area contributed by atoms with E-state index in [1.54, 1.807) is 0 Å². The van der Waals surface area contributed by atoms with Crippen molar-refractivity contribution in [3.8, 4) is 0 Å². The predicted octanol–water partition coefficient (Wildman–Crippen LogP) is 4.62. The van der Waals surface area contributed by atoms with Crippen LogP contribution in [0.1, 0.15) is 92.9 Å². The first-order chi connectivity index (χ1) is 13.1. The molecule has 0 spiro atoms. The van der Waals surface area contributed by atoms with E-state index in [0.29, 0.717) is 5.92 Å². The molecule has 1 heterocycles. The van der Waals surface area contributed by atoms with E-state index in [-0.39, 0.29) is 47.6 Å². The van der Waals surface area contributed by atoms with Crippen molar-refractivity contribution in [2.45, 2.75) is 117 Å². The normalized spacial score (nSPS) is 28.0. The molecular weight excluding hydrogens is 354 g/mol. The molecule has 0 bridgehead atoms. The highest BCUT2D eigenvalue weighted by atomic mass is 16.5. The molecule has 0 unspecified atom stereocenters. The first-order valence-electron chi connectivity index (χ1n) is 11.2. The molecule has 0 aromatic heterocycles. The van der Waals surface area contributed by atoms with Crippen molar-refractivity contribution in [2.75, 3.05) is 0 Å². The summed E-state index contributed by atoms with van der Waals surface area (Å²) in [5.41, 5.74) is 0.00124. The number of carbonyl (C=O) groups is 2. The summed E-state index contributed by atoms with van der Waals surface area (Å²) < 4.78 is 12.2. The van der Waals surface area contributed by atoms with E-state index in [2.05, 4.69) is 26.1 Å². The Hall–Kier alpha value is -1.10. The van der Waals surface area contributed by atoms with Gasteiger partial charge >= 0.3 is 5.97 Å². The van der Waals surface area contributed by atoms with E-state index < -0.39 is 0 Å². The van der Waals surface area contributed by atoms with Crippen molar-refractivity contribution < 1.29 is 19.1 Å². The van der Waals surface area contributed by atoms with E-state index in [4.69, 9.17) is 9.47 Å². The number of nitrogens with one attached hydrogen (secondary N) is 1. The highest BCUT2D eigenvalue weighted by molar-refractivity contribution is 5.78. The van der Waals surface area contributed by atoms with Gasteiger partial charge in [0.05, 0.1) is 12.2 Å². The molecule has 0 radical (unpaired) electrons. The van der Waals surface area contributed by atoms with E-state index in [0.717, 1.165) is 32.1 Å².